The van der Waals surface area contributed by atoms with Gasteiger partial charge in [0, 0.05) is 12.8 Å². The zero-order valence-electron chi connectivity index (χ0n) is 8.43. The van der Waals surface area contributed by atoms with E-state index >= 15 is 0 Å². The molecule has 66 valence electrons. The van der Waals surface area contributed by atoms with E-state index < -0.39 is 0 Å². The van der Waals surface area contributed by atoms with Crippen molar-refractivity contribution in [1.29, 1.82) is 0 Å². The number of hydrogen-bond donors (Lipinski definition) is 0. The Bertz CT molecular complexity index is 133. The first-order valence-electron chi connectivity index (χ1n) is 5.00. The lowest BCUT2D eigenvalue weighted by molar-refractivity contribution is -0.940. The van der Waals surface area contributed by atoms with Gasteiger partial charge in [-0.1, -0.05) is 6.92 Å². The molecule has 1 aliphatic rings. The lowest BCUT2D eigenvalue weighted by Crippen LogP contribution is -2.51. The van der Waals surface area contributed by atoms with Gasteiger partial charge in [0.05, 0.1) is 25.7 Å². The molecule has 1 rings (SSSR count). The molecule has 3 atom stereocenters. The van der Waals surface area contributed by atoms with Gasteiger partial charge < -0.3 is 4.48 Å². The van der Waals surface area contributed by atoms with E-state index in [1.165, 1.54) is 30.3 Å². The van der Waals surface area contributed by atoms with Crippen LogP contribution in [-0.4, -0.2) is 30.2 Å². The van der Waals surface area contributed by atoms with Crippen molar-refractivity contribution >= 4 is 0 Å². The molecule has 0 saturated carbocycles. The van der Waals surface area contributed by atoms with E-state index in [0.717, 1.165) is 12.1 Å². The van der Waals surface area contributed by atoms with Crippen LogP contribution in [0.5, 0.6) is 0 Å². The molecule has 0 aliphatic carbocycles. The highest BCUT2D eigenvalue weighted by atomic mass is 15.4. The minimum Gasteiger partial charge on any atom is -0.322 e. The maximum atomic E-state index is 2.42. The third kappa shape index (κ3) is 1.31. The van der Waals surface area contributed by atoms with Crippen LogP contribution in [0, 0.1) is 0 Å². The van der Waals surface area contributed by atoms with Gasteiger partial charge in [0.15, 0.2) is 0 Å². The normalized spacial score (nSPS) is 44.7. The van der Waals surface area contributed by atoms with Crippen LogP contribution in [0.25, 0.3) is 0 Å². The van der Waals surface area contributed by atoms with Gasteiger partial charge in [-0.15, -0.1) is 0 Å². The van der Waals surface area contributed by atoms with Crippen molar-refractivity contribution in [3.05, 3.63) is 0 Å². The fourth-order valence-electron chi connectivity index (χ4n) is 2.57. The summed E-state index contributed by atoms with van der Waals surface area (Å²) in [5, 5.41) is 0. The Morgan fingerprint density at radius 3 is 2.27 bits per heavy atom. The Labute approximate surface area is 71.0 Å². The van der Waals surface area contributed by atoms with Gasteiger partial charge >= 0.3 is 0 Å². The van der Waals surface area contributed by atoms with E-state index in [0.29, 0.717) is 0 Å². The molecule has 0 aromatic carbocycles. The predicted octanol–water partition coefficient (Wildman–Crippen LogP) is 2.41. The number of nitrogens with zero attached hydrogens (tertiary/aromatic N) is 1. The average Bonchev–Trinajstić information content (AvgIpc) is 2.30. The molecule has 0 aromatic rings. The highest BCUT2D eigenvalue weighted by molar-refractivity contribution is 4.71. The quantitative estimate of drug-likeness (QED) is 0.539. The Morgan fingerprint density at radius 1 is 1.27 bits per heavy atom. The van der Waals surface area contributed by atoms with Gasteiger partial charge in [-0.05, 0) is 20.3 Å². The van der Waals surface area contributed by atoms with E-state index in [1.807, 2.05) is 0 Å². The molecule has 1 saturated heterocycles. The molecule has 0 aromatic heterocycles. The smallest absolute Gasteiger partial charge is 0.0889 e. The molecule has 0 bridgehead atoms. The van der Waals surface area contributed by atoms with Crippen molar-refractivity contribution in [3.8, 4) is 0 Å². The van der Waals surface area contributed by atoms with Crippen LogP contribution in [0.3, 0.4) is 0 Å². The molecule has 1 fully saturated rings. The number of likely N-dealkylation sites (tertiary alicyclic amines) is 1. The molecule has 1 heterocycles. The summed E-state index contributed by atoms with van der Waals surface area (Å²) in [6.45, 7) is 8.36. The topological polar surface area (TPSA) is 0 Å². The summed E-state index contributed by atoms with van der Waals surface area (Å²) in [7, 11) is 2.42. The molecule has 1 aliphatic heterocycles. The molecular weight excluding hydrogens is 134 g/mol. The number of rotatable bonds is 2. The molecule has 3 unspecified atom stereocenters. The van der Waals surface area contributed by atoms with Crippen molar-refractivity contribution in [2.75, 3.05) is 13.6 Å². The molecule has 0 amide bonds. The van der Waals surface area contributed by atoms with Crippen LogP contribution in [0.1, 0.15) is 40.0 Å². The number of quaternary nitrogens is 1. The van der Waals surface area contributed by atoms with Gasteiger partial charge in [0.25, 0.3) is 0 Å². The number of hydrogen-bond acceptors (Lipinski definition) is 0. The van der Waals surface area contributed by atoms with Gasteiger partial charge in [0.2, 0.25) is 0 Å². The van der Waals surface area contributed by atoms with Crippen molar-refractivity contribution < 1.29 is 4.48 Å². The maximum absolute atomic E-state index is 2.42. The Hall–Kier alpha value is -0.0400. The summed E-state index contributed by atoms with van der Waals surface area (Å²) in [5.41, 5.74) is 0. The summed E-state index contributed by atoms with van der Waals surface area (Å²) in [6.07, 6.45) is 4.24. The lowest BCUT2D eigenvalue weighted by atomic mass is 10.1. The SMILES string of the molecule is CCC1CCC(C)[N+]1(C)CC. The standard InChI is InChI=1S/C10H22N/c1-5-10-8-7-9(3)11(10,4)6-2/h9-10H,5-8H2,1-4H3/q+1. The second-order valence-corrected chi connectivity index (χ2v) is 4.15. The van der Waals surface area contributed by atoms with Crippen molar-refractivity contribution in [2.45, 2.75) is 52.1 Å². The maximum Gasteiger partial charge on any atom is 0.0889 e. The minimum atomic E-state index is 0.893. The summed E-state index contributed by atoms with van der Waals surface area (Å²) < 4.78 is 1.32. The second-order valence-electron chi connectivity index (χ2n) is 4.15. The monoisotopic (exact) mass is 156 g/mol. The Balaban J connectivity index is 2.70. The van der Waals surface area contributed by atoms with Crippen molar-refractivity contribution in [1.82, 2.24) is 0 Å². The Morgan fingerprint density at radius 2 is 1.91 bits per heavy atom. The highest BCUT2D eigenvalue weighted by Crippen LogP contribution is 2.32. The van der Waals surface area contributed by atoms with Gasteiger partial charge in [-0.2, -0.15) is 0 Å². The summed E-state index contributed by atoms with van der Waals surface area (Å²) in [4.78, 5) is 0. The third-order valence-corrected chi connectivity index (χ3v) is 3.91. The van der Waals surface area contributed by atoms with Crippen LogP contribution in [-0.2, 0) is 0 Å². The first-order valence-corrected chi connectivity index (χ1v) is 5.00. The van der Waals surface area contributed by atoms with Crippen LogP contribution >= 0.6 is 0 Å². The molecule has 1 heteroatoms. The highest BCUT2D eigenvalue weighted by Gasteiger charge is 2.40. The third-order valence-electron chi connectivity index (χ3n) is 3.91. The molecular formula is C10H22N+. The summed E-state index contributed by atoms with van der Waals surface area (Å²) in [6, 6.07) is 1.83. The molecule has 11 heavy (non-hydrogen) atoms. The van der Waals surface area contributed by atoms with Gasteiger partial charge in [-0.3, -0.25) is 0 Å². The second kappa shape index (κ2) is 3.14. The summed E-state index contributed by atoms with van der Waals surface area (Å²) >= 11 is 0. The Kier molecular flexibility index (Phi) is 2.58. The fraction of sp³-hybridized carbons (Fsp3) is 1.00. The molecule has 0 spiro atoms. The van der Waals surface area contributed by atoms with Gasteiger partial charge in [-0.25, -0.2) is 0 Å². The lowest BCUT2D eigenvalue weighted by Gasteiger charge is -2.39. The first kappa shape index (κ1) is 9.05. The fourth-order valence-corrected chi connectivity index (χ4v) is 2.57. The molecule has 1 nitrogen and oxygen atoms in total. The van der Waals surface area contributed by atoms with E-state index in [9.17, 15) is 0 Å². The van der Waals surface area contributed by atoms with E-state index in [2.05, 4.69) is 27.8 Å². The van der Waals surface area contributed by atoms with Crippen LogP contribution in [0.4, 0.5) is 0 Å². The van der Waals surface area contributed by atoms with Crippen LogP contribution in [0.15, 0.2) is 0 Å². The largest absolute Gasteiger partial charge is 0.322 e. The van der Waals surface area contributed by atoms with Gasteiger partial charge in [0.1, 0.15) is 0 Å². The van der Waals surface area contributed by atoms with Crippen LogP contribution < -0.4 is 0 Å². The van der Waals surface area contributed by atoms with E-state index in [-0.39, 0.29) is 0 Å². The van der Waals surface area contributed by atoms with Crippen LogP contribution in [0.2, 0.25) is 0 Å². The zero-order chi connectivity index (χ0) is 8.48. The van der Waals surface area contributed by atoms with Crippen molar-refractivity contribution in [2.24, 2.45) is 0 Å². The summed E-state index contributed by atoms with van der Waals surface area (Å²) in [5.74, 6) is 0. The van der Waals surface area contributed by atoms with Crippen molar-refractivity contribution in [3.63, 3.8) is 0 Å². The predicted molar refractivity (Wildman–Crippen MR) is 49.5 cm³/mol. The molecule has 0 radical (unpaired) electrons. The van der Waals surface area contributed by atoms with E-state index in [1.54, 1.807) is 0 Å². The molecule has 0 N–H and O–H groups in total. The minimum absolute atomic E-state index is 0.893. The van der Waals surface area contributed by atoms with E-state index in [4.69, 9.17) is 0 Å². The average molecular weight is 156 g/mol. The zero-order valence-corrected chi connectivity index (χ0v) is 8.43. The first-order chi connectivity index (χ1) is 5.15.